The second-order valence-corrected chi connectivity index (χ2v) is 6.83. The molecule has 2 aromatic rings. The molecule has 0 aliphatic carbocycles. The maximum Gasteiger partial charge on any atom is 0.233 e. The van der Waals surface area contributed by atoms with Gasteiger partial charge in [-0.1, -0.05) is 23.9 Å². The Hall–Kier alpha value is -2.42. The summed E-state index contributed by atoms with van der Waals surface area (Å²) in [4.78, 5) is 27.3. The van der Waals surface area contributed by atoms with Crippen molar-refractivity contribution in [2.45, 2.75) is 19.0 Å². The molecule has 2 amide bonds. The summed E-state index contributed by atoms with van der Waals surface area (Å²) in [6.07, 6.45) is 0. The third-order valence-electron chi connectivity index (χ3n) is 4.09. The number of amides is 2. The lowest BCUT2D eigenvalue weighted by atomic mass is 10.2. The van der Waals surface area contributed by atoms with E-state index in [2.05, 4.69) is 15.5 Å². The molecule has 9 heteroatoms. The van der Waals surface area contributed by atoms with Crippen molar-refractivity contribution < 1.29 is 9.59 Å². The van der Waals surface area contributed by atoms with E-state index < -0.39 is 0 Å². The van der Waals surface area contributed by atoms with Crippen LogP contribution in [0.5, 0.6) is 0 Å². The Labute approximate surface area is 150 Å². The molecule has 132 valence electrons. The Balaban J connectivity index is 1.59. The van der Waals surface area contributed by atoms with Gasteiger partial charge in [-0.05, 0) is 35.0 Å². The van der Waals surface area contributed by atoms with Crippen molar-refractivity contribution in [2.24, 2.45) is 0 Å². The number of rotatable bonds is 4. The van der Waals surface area contributed by atoms with Gasteiger partial charge in [0.1, 0.15) is 0 Å². The molecule has 1 aliphatic rings. The Bertz CT molecular complexity index is 769. The van der Waals surface area contributed by atoms with Gasteiger partial charge in [0, 0.05) is 33.1 Å². The van der Waals surface area contributed by atoms with Crippen LogP contribution in [-0.4, -0.2) is 73.8 Å². The first-order valence-corrected chi connectivity index (χ1v) is 9.04. The zero-order valence-corrected chi connectivity index (χ0v) is 15.1. The summed E-state index contributed by atoms with van der Waals surface area (Å²) in [5.74, 6) is 0.359. The van der Waals surface area contributed by atoms with Crippen molar-refractivity contribution in [3.8, 4) is 5.69 Å². The Morgan fingerprint density at radius 3 is 2.56 bits per heavy atom. The van der Waals surface area contributed by atoms with Crippen LogP contribution in [0, 0.1) is 6.92 Å². The van der Waals surface area contributed by atoms with E-state index in [-0.39, 0.29) is 17.6 Å². The lowest BCUT2D eigenvalue weighted by Crippen LogP contribution is -2.50. The summed E-state index contributed by atoms with van der Waals surface area (Å²) in [6.45, 7) is 5.88. The fourth-order valence-electron chi connectivity index (χ4n) is 2.68. The molecule has 2 heterocycles. The highest BCUT2D eigenvalue weighted by atomic mass is 32.2. The maximum absolute atomic E-state index is 12.4. The first-order valence-electron chi connectivity index (χ1n) is 8.06. The average Bonchev–Trinajstić information content (AvgIpc) is 3.08. The van der Waals surface area contributed by atoms with Crippen LogP contribution in [0.25, 0.3) is 5.69 Å². The van der Waals surface area contributed by atoms with Crippen LogP contribution >= 0.6 is 11.8 Å². The largest absolute Gasteiger partial charge is 0.339 e. The van der Waals surface area contributed by atoms with E-state index in [0.717, 1.165) is 11.3 Å². The second-order valence-electron chi connectivity index (χ2n) is 5.89. The number of thioether (sulfide) groups is 1. The summed E-state index contributed by atoms with van der Waals surface area (Å²) >= 11 is 1.32. The van der Waals surface area contributed by atoms with Crippen LogP contribution in [0.15, 0.2) is 29.4 Å². The average molecular weight is 360 g/mol. The van der Waals surface area contributed by atoms with Crippen molar-refractivity contribution in [3.63, 3.8) is 0 Å². The highest BCUT2D eigenvalue weighted by Gasteiger charge is 2.23. The second kappa shape index (κ2) is 7.64. The number of piperazine rings is 1. The van der Waals surface area contributed by atoms with Crippen molar-refractivity contribution in [1.82, 2.24) is 30.0 Å². The fourth-order valence-corrected chi connectivity index (χ4v) is 3.47. The normalized spacial score (nSPS) is 14.6. The van der Waals surface area contributed by atoms with Crippen LogP contribution in [0.1, 0.15) is 12.5 Å². The number of aromatic nitrogens is 4. The van der Waals surface area contributed by atoms with E-state index in [0.29, 0.717) is 31.3 Å². The smallest absolute Gasteiger partial charge is 0.233 e. The summed E-state index contributed by atoms with van der Waals surface area (Å²) in [5, 5.41) is 12.3. The van der Waals surface area contributed by atoms with Crippen molar-refractivity contribution in [3.05, 3.63) is 29.8 Å². The number of hydrogen-bond acceptors (Lipinski definition) is 6. The predicted molar refractivity (Wildman–Crippen MR) is 93.4 cm³/mol. The minimum absolute atomic E-state index is 0.0343. The van der Waals surface area contributed by atoms with Gasteiger partial charge in [-0.2, -0.15) is 4.68 Å². The van der Waals surface area contributed by atoms with Crippen molar-refractivity contribution in [1.29, 1.82) is 0 Å². The molecule has 0 atom stereocenters. The van der Waals surface area contributed by atoms with E-state index in [1.54, 1.807) is 21.4 Å². The third-order valence-corrected chi connectivity index (χ3v) is 4.99. The van der Waals surface area contributed by atoms with Gasteiger partial charge in [0.2, 0.25) is 17.0 Å². The topological polar surface area (TPSA) is 84.2 Å². The molecule has 8 nitrogen and oxygen atoms in total. The van der Waals surface area contributed by atoms with Gasteiger partial charge in [0.25, 0.3) is 0 Å². The molecule has 0 radical (unpaired) electrons. The summed E-state index contributed by atoms with van der Waals surface area (Å²) < 4.78 is 1.64. The van der Waals surface area contributed by atoms with Gasteiger partial charge < -0.3 is 9.80 Å². The highest BCUT2D eigenvalue weighted by molar-refractivity contribution is 7.99. The van der Waals surface area contributed by atoms with Crippen LogP contribution in [0.3, 0.4) is 0 Å². The Morgan fingerprint density at radius 2 is 1.88 bits per heavy atom. The van der Waals surface area contributed by atoms with E-state index in [9.17, 15) is 9.59 Å². The molecule has 0 unspecified atom stereocenters. The molecule has 0 N–H and O–H groups in total. The summed E-state index contributed by atoms with van der Waals surface area (Å²) in [6, 6.07) is 7.87. The number of benzene rings is 1. The quantitative estimate of drug-likeness (QED) is 0.748. The minimum Gasteiger partial charge on any atom is -0.339 e. The van der Waals surface area contributed by atoms with Crippen molar-refractivity contribution >= 4 is 23.6 Å². The zero-order valence-electron chi connectivity index (χ0n) is 14.3. The van der Waals surface area contributed by atoms with Gasteiger partial charge in [-0.3, -0.25) is 9.59 Å². The molecule has 1 aromatic heterocycles. The standard InChI is InChI=1S/C16H20N6O2S/c1-12-4-3-5-14(10-12)22-16(17-18-19-22)25-11-15(24)21-8-6-20(7-9-21)13(2)23/h3-5,10H,6-9,11H2,1-2H3. The molecule has 1 saturated heterocycles. The lowest BCUT2D eigenvalue weighted by Gasteiger charge is -2.34. The number of hydrogen-bond donors (Lipinski definition) is 0. The van der Waals surface area contributed by atoms with E-state index >= 15 is 0 Å². The summed E-state index contributed by atoms with van der Waals surface area (Å²) in [7, 11) is 0. The third kappa shape index (κ3) is 4.16. The Morgan fingerprint density at radius 1 is 1.16 bits per heavy atom. The van der Waals surface area contributed by atoms with Gasteiger partial charge in [0.15, 0.2) is 0 Å². The van der Waals surface area contributed by atoms with Gasteiger partial charge >= 0.3 is 0 Å². The van der Waals surface area contributed by atoms with Crippen LogP contribution < -0.4 is 0 Å². The first-order chi connectivity index (χ1) is 12.0. The summed E-state index contributed by atoms with van der Waals surface area (Å²) in [5.41, 5.74) is 1.98. The molecule has 1 aliphatic heterocycles. The van der Waals surface area contributed by atoms with Crippen LogP contribution in [0.2, 0.25) is 0 Å². The molecule has 0 saturated carbocycles. The number of carbonyl (C=O) groups excluding carboxylic acids is 2. The molecular formula is C16H20N6O2S. The number of aryl methyl sites for hydroxylation is 1. The molecule has 0 bridgehead atoms. The zero-order chi connectivity index (χ0) is 17.8. The van der Waals surface area contributed by atoms with E-state index in [1.165, 1.54) is 11.8 Å². The van der Waals surface area contributed by atoms with E-state index in [4.69, 9.17) is 0 Å². The number of carbonyl (C=O) groups is 2. The molecule has 1 aromatic carbocycles. The van der Waals surface area contributed by atoms with Crippen LogP contribution in [0.4, 0.5) is 0 Å². The molecule has 0 spiro atoms. The predicted octanol–water partition coefficient (Wildman–Crippen LogP) is 0.754. The highest BCUT2D eigenvalue weighted by Crippen LogP contribution is 2.19. The van der Waals surface area contributed by atoms with E-state index in [1.807, 2.05) is 31.2 Å². The molecule has 1 fully saturated rings. The fraction of sp³-hybridized carbons (Fsp3) is 0.438. The SMILES string of the molecule is CC(=O)N1CCN(C(=O)CSc2nnnn2-c2cccc(C)c2)CC1. The molecule has 3 rings (SSSR count). The minimum atomic E-state index is 0.0343. The Kier molecular flexibility index (Phi) is 5.32. The maximum atomic E-state index is 12.4. The lowest BCUT2D eigenvalue weighted by molar-refractivity contribution is -0.136. The van der Waals surface area contributed by atoms with Gasteiger partial charge in [-0.15, -0.1) is 5.10 Å². The number of tetrazole rings is 1. The van der Waals surface area contributed by atoms with Crippen molar-refractivity contribution in [2.75, 3.05) is 31.9 Å². The van der Waals surface area contributed by atoms with Crippen LogP contribution in [-0.2, 0) is 9.59 Å². The molecular weight excluding hydrogens is 340 g/mol. The van der Waals surface area contributed by atoms with Gasteiger partial charge in [-0.25, -0.2) is 0 Å². The monoisotopic (exact) mass is 360 g/mol. The van der Waals surface area contributed by atoms with Gasteiger partial charge in [0.05, 0.1) is 11.4 Å². The molecule has 25 heavy (non-hydrogen) atoms. The first kappa shape index (κ1) is 17.4. The number of nitrogens with zero attached hydrogens (tertiary/aromatic N) is 6.